The van der Waals surface area contributed by atoms with Gasteiger partial charge < -0.3 is 0 Å². The number of H-pyrrole nitrogens is 1. The lowest BCUT2D eigenvalue weighted by Crippen LogP contribution is -2.36. The van der Waals surface area contributed by atoms with Crippen molar-refractivity contribution in [3.8, 4) is 5.69 Å². The van der Waals surface area contributed by atoms with Gasteiger partial charge in [-0.2, -0.15) is 0 Å². The van der Waals surface area contributed by atoms with Gasteiger partial charge in [0, 0.05) is 0 Å². The molecule has 0 amide bonds. The van der Waals surface area contributed by atoms with Gasteiger partial charge in [-0.3, -0.25) is 9.78 Å². The number of aromatic nitrogens is 2. The Morgan fingerprint density at radius 3 is 2.42 bits per heavy atom. The third kappa shape index (κ3) is 2.63. The Hall–Kier alpha value is -1.81. The number of aryl methyl sites for hydroxylation is 1. The molecule has 5 heteroatoms. The first-order valence-electron chi connectivity index (χ1n) is 6.15. The van der Waals surface area contributed by atoms with Gasteiger partial charge in [0.2, 0.25) is 0 Å². The van der Waals surface area contributed by atoms with E-state index in [4.69, 9.17) is 11.6 Å². The number of halogens is 1. The molecule has 0 bridgehead atoms. The van der Waals surface area contributed by atoms with Gasteiger partial charge in [0.15, 0.2) is 0 Å². The maximum absolute atomic E-state index is 12.3. The van der Waals surface area contributed by atoms with Gasteiger partial charge in [-0.25, -0.2) is 9.36 Å². The zero-order valence-corrected chi connectivity index (χ0v) is 11.6. The standard InChI is InChI=1S/C14H15ClN2O2/c1-3-4-11-12(15)16-14(19)17(13(11)18)10-7-5-9(2)6-8-10/h5-8H,3-4H2,1-2H3,(H,16,19). The molecule has 19 heavy (non-hydrogen) atoms. The average molecular weight is 279 g/mol. The molecule has 0 radical (unpaired) electrons. The first kappa shape index (κ1) is 13.6. The van der Waals surface area contributed by atoms with E-state index in [1.54, 1.807) is 12.1 Å². The second-order valence-corrected chi connectivity index (χ2v) is 4.83. The lowest BCUT2D eigenvalue weighted by atomic mass is 10.2. The van der Waals surface area contributed by atoms with Crippen LogP contribution in [0, 0.1) is 6.92 Å². The highest BCUT2D eigenvalue weighted by molar-refractivity contribution is 6.30. The third-order valence-electron chi connectivity index (χ3n) is 2.94. The molecular formula is C14H15ClN2O2. The van der Waals surface area contributed by atoms with E-state index in [1.807, 2.05) is 26.0 Å². The van der Waals surface area contributed by atoms with E-state index in [0.29, 0.717) is 17.7 Å². The predicted octanol–water partition coefficient (Wildman–Crippen LogP) is 2.44. The van der Waals surface area contributed by atoms with E-state index >= 15 is 0 Å². The number of rotatable bonds is 3. The second kappa shape index (κ2) is 5.45. The molecule has 0 atom stereocenters. The summed E-state index contributed by atoms with van der Waals surface area (Å²) >= 11 is 5.93. The van der Waals surface area contributed by atoms with Crippen LogP contribution in [-0.2, 0) is 6.42 Å². The van der Waals surface area contributed by atoms with Gasteiger partial charge in [0.1, 0.15) is 5.15 Å². The largest absolute Gasteiger partial charge is 0.334 e. The van der Waals surface area contributed by atoms with Gasteiger partial charge in [0.25, 0.3) is 5.56 Å². The molecule has 2 rings (SSSR count). The van der Waals surface area contributed by atoms with Crippen LogP contribution in [0.2, 0.25) is 5.15 Å². The van der Waals surface area contributed by atoms with Crippen LogP contribution >= 0.6 is 11.6 Å². The minimum Gasteiger partial charge on any atom is -0.297 e. The van der Waals surface area contributed by atoms with Crippen LogP contribution in [0.15, 0.2) is 33.9 Å². The Morgan fingerprint density at radius 2 is 1.84 bits per heavy atom. The molecule has 0 spiro atoms. The van der Waals surface area contributed by atoms with E-state index < -0.39 is 5.69 Å². The van der Waals surface area contributed by atoms with Crippen molar-refractivity contribution in [2.45, 2.75) is 26.7 Å². The minimum absolute atomic E-state index is 0.139. The summed E-state index contributed by atoms with van der Waals surface area (Å²) < 4.78 is 1.12. The van der Waals surface area contributed by atoms with Crippen molar-refractivity contribution in [2.75, 3.05) is 0 Å². The molecule has 2 aromatic rings. The van der Waals surface area contributed by atoms with Crippen LogP contribution in [0.1, 0.15) is 24.5 Å². The minimum atomic E-state index is -0.515. The van der Waals surface area contributed by atoms with Crippen LogP contribution in [0.5, 0.6) is 0 Å². The number of aromatic amines is 1. The fourth-order valence-corrected chi connectivity index (χ4v) is 2.20. The maximum atomic E-state index is 12.3. The monoisotopic (exact) mass is 278 g/mol. The molecule has 1 aromatic carbocycles. The summed E-state index contributed by atoms with van der Waals surface area (Å²) in [5.41, 5.74) is 1.20. The Bertz CT molecular complexity index is 699. The molecule has 0 saturated carbocycles. The highest BCUT2D eigenvalue weighted by Gasteiger charge is 2.13. The molecule has 1 aromatic heterocycles. The normalized spacial score (nSPS) is 10.7. The van der Waals surface area contributed by atoms with Crippen LogP contribution < -0.4 is 11.2 Å². The lowest BCUT2D eigenvalue weighted by Gasteiger charge is -2.08. The molecular weight excluding hydrogens is 264 g/mol. The van der Waals surface area contributed by atoms with Crippen molar-refractivity contribution in [3.63, 3.8) is 0 Å². The van der Waals surface area contributed by atoms with Gasteiger partial charge in [0.05, 0.1) is 11.3 Å². The van der Waals surface area contributed by atoms with E-state index in [0.717, 1.165) is 16.6 Å². The summed E-state index contributed by atoms with van der Waals surface area (Å²) in [6.45, 7) is 3.90. The molecule has 4 nitrogen and oxygen atoms in total. The van der Waals surface area contributed by atoms with E-state index in [1.165, 1.54) is 0 Å². The number of nitrogens with one attached hydrogen (secondary N) is 1. The molecule has 0 unspecified atom stereocenters. The van der Waals surface area contributed by atoms with Gasteiger partial charge in [-0.15, -0.1) is 0 Å². The summed E-state index contributed by atoms with van der Waals surface area (Å²) in [5.74, 6) is 0. The summed E-state index contributed by atoms with van der Waals surface area (Å²) in [6, 6.07) is 7.20. The van der Waals surface area contributed by atoms with E-state index in [9.17, 15) is 9.59 Å². The number of hydrogen-bond acceptors (Lipinski definition) is 2. The molecule has 1 N–H and O–H groups in total. The van der Waals surface area contributed by atoms with Crippen molar-refractivity contribution < 1.29 is 0 Å². The van der Waals surface area contributed by atoms with Crippen LogP contribution in [0.3, 0.4) is 0 Å². The first-order chi connectivity index (χ1) is 9.04. The molecule has 1 heterocycles. The van der Waals surface area contributed by atoms with Crippen molar-refractivity contribution in [2.24, 2.45) is 0 Å². The first-order valence-corrected chi connectivity index (χ1v) is 6.53. The average Bonchev–Trinajstić information content (AvgIpc) is 2.36. The quantitative estimate of drug-likeness (QED) is 0.877. The molecule has 0 aliphatic carbocycles. The van der Waals surface area contributed by atoms with Crippen molar-refractivity contribution >= 4 is 11.6 Å². The predicted molar refractivity (Wildman–Crippen MR) is 76.4 cm³/mol. The maximum Gasteiger partial charge on any atom is 0.334 e. The van der Waals surface area contributed by atoms with Crippen LogP contribution in [0.4, 0.5) is 0 Å². The second-order valence-electron chi connectivity index (χ2n) is 4.45. The summed E-state index contributed by atoms with van der Waals surface area (Å²) in [4.78, 5) is 26.8. The Labute approximate surface area is 115 Å². The fourth-order valence-electron chi connectivity index (χ4n) is 1.94. The highest BCUT2D eigenvalue weighted by Crippen LogP contribution is 2.10. The van der Waals surface area contributed by atoms with Gasteiger partial charge in [-0.1, -0.05) is 42.6 Å². The van der Waals surface area contributed by atoms with Gasteiger partial charge >= 0.3 is 5.69 Å². The summed E-state index contributed by atoms with van der Waals surface area (Å²) in [7, 11) is 0. The number of hydrogen-bond donors (Lipinski definition) is 1. The van der Waals surface area contributed by atoms with E-state index in [2.05, 4.69) is 4.98 Å². The van der Waals surface area contributed by atoms with Crippen LogP contribution in [-0.4, -0.2) is 9.55 Å². The Kier molecular flexibility index (Phi) is 3.90. The van der Waals surface area contributed by atoms with Crippen molar-refractivity contribution in [3.05, 3.63) is 61.4 Å². The zero-order valence-electron chi connectivity index (χ0n) is 10.9. The van der Waals surface area contributed by atoms with Crippen LogP contribution in [0.25, 0.3) is 5.69 Å². The third-order valence-corrected chi connectivity index (χ3v) is 3.26. The lowest BCUT2D eigenvalue weighted by molar-refractivity contribution is 0.811. The molecule has 0 aliphatic rings. The summed E-state index contributed by atoms with van der Waals surface area (Å²) in [6.07, 6.45) is 1.33. The highest BCUT2D eigenvalue weighted by atomic mass is 35.5. The summed E-state index contributed by atoms with van der Waals surface area (Å²) in [5, 5.41) is 0.139. The number of nitrogens with zero attached hydrogens (tertiary/aromatic N) is 1. The smallest absolute Gasteiger partial charge is 0.297 e. The van der Waals surface area contributed by atoms with E-state index in [-0.39, 0.29) is 10.7 Å². The van der Waals surface area contributed by atoms with Gasteiger partial charge in [-0.05, 0) is 25.5 Å². The molecule has 0 saturated heterocycles. The SMILES string of the molecule is CCCc1c(Cl)[nH]c(=O)n(-c2ccc(C)cc2)c1=O. The zero-order chi connectivity index (χ0) is 14.0. The van der Waals surface area contributed by atoms with Crippen molar-refractivity contribution in [1.82, 2.24) is 9.55 Å². The molecule has 100 valence electrons. The fraction of sp³-hybridized carbons (Fsp3) is 0.286. The molecule has 0 fully saturated rings. The van der Waals surface area contributed by atoms with Crippen molar-refractivity contribution in [1.29, 1.82) is 0 Å². The number of benzene rings is 1. The topological polar surface area (TPSA) is 54.9 Å². The molecule has 0 aliphatic heterocycles. The Morgan fingerprint density at radius 1 is 1.21 bits per heavy atom. The Balaban J connectivity index is 2.70.